The highest BCUT2D eigenvalue weighted by molar-refractivity contribution is 5.71. The van der Waals surface area contributed by atoms with Crippen LogP contribution in [0.1, 0.15) is 226 Å². The zero-order valence-electron chi connectivity index (χ0n) is 42.0. The number of rotatable bonds is 46. The Bertz CT molecular complexity index is 1360. The summed E-state index contributed by atoms with van der Waals surface area (Å²) in [5, 5.41) is 0. The normalized spacial score (nSPS) is 13.0. The summed E-state index contributed by atoms with van der Waals surface area (Å²) in [5.41, 5.74) is 0. The fourth-order valence-electron chi connectivity index (χ4n) is 6.83. The number of ether oxygens (including phenoxy) is 3. The van der Waals surface area contributed by atoms with E-state index >= 15 is 0 Å². The zero-order chi connectivity index (χ0) is 47.2. The largest absolute Gasteiger partial charge is 0.462 e. The van der Waals surface area contributed by atoms with Crippen LogP contribution in [-0.4, -0.2) is 37.2 Å². The van der Waals surface area contributed by atoms with E-state index in [-0.39, 0.29) is 37.5 Å². The van der Waals surface area contributed by atoms with Crippen LogP contribution < -0.4 is 0 Å². The van der Waals surface area contributed by atoms with E-state index in [2.05, 4.69) is 130 Å². The predicted octanol–water partition coefficient (Wildman–Crippen LogP) is 17.5. The third-order valence-corrected chi connectivity index (χ3v) is 10.7. The molecule has 0 aliphatic heterocycles. The van der Waals surface area contributed by atoms with Gasteiger partial charge in [0.25, 0.3) is 0 Å². The molecule has 368 valence electrons. The molecular formula is C59H96O6. The van der Waals surface area contributed by atoms with Crippen molar-refractivity contribution in [1.82, 2.24) is 0 Å². The van der Waals surface area contributed by atoms with Crippen LogP contribution in [-0.2, 0) is 28.6 Å². The molecule has 65 heavy (non-hydrogen) atoms. The first-order valence-corrected chi connectivity index (χ1v) is 26.4. The average molecular weight is 901 g/mol. The first-order valence-electron chi connectivity index (χ1n) is 26.4. The van der Waals surface area contributed by atoms with E-state index in [1.165, 1.54) is 77.0 Å². The Morgan fingerprint density at radius 3 is 0.985 bits per heavy atom. The van der Waals surface area contributed by atoms with Gasteiger partial charge in [0.1, 0.15) is 13.2 Å². The highest BCUT2D eigenvalue weighted by atomic mass is 16.6. The Morgan fingerprint density at radius 2 is 0.600 bits per heavy atom. The van der Waals surface area contributed by atoms with Crippen LogP contribution in [0.3, 0.4) is 0 Å². The molecule has 1 unspecified atom stereocenters. The Balaban J connectivity index is 4.52. The van der Waals surface area contributed by atoms with Crippen molar-refractivity contribution in [3.05, 3.63) is 109 Å². The van der Waals surface area contributed by atoms with Gasteiger partial charge < -0.3 is 14.2 Å². The van der Waals surface area contributed by atoms with Crippen LogP contribution in [0, 0.1) is 0 Å². The molecule has 0 aromatic rings. The van der Waals surface area contributed by atoms with Gasteiger partial charge in [-0.25, -0.2) is 0 Å². The Morgan fingerprint density at radius 1 is 0.323 bits per heavy atom. The molecule has 0 radical (unpaired) electrons. The molecule has 0 saturated heterocycles. The summed E-state index contributed by atoms with van der Waals surface area (Å²) >= 11 is 0. The monoisotopic (exact) mass is 901 g/mol. The summed E-state index contributed by atoms with van der Waals surface area (Å²) in [6.07, 6.45) is 70.8. The van der Waals surface area contributed by atoms with Crippen molar-refractivity contribution in [2.24, 2.45) is 0 Å². The van der Waals surface area contributed by atoms with Gasteiger partial charge in [-0.3, -0.25) is 14.4 Å². The molecule has 0 N–H and O–H groups in total. The number of unbranched alkanes of at least 4 members (excludes halogenated alkanes) is 17. The summed E-state index contributed by atoms with van der Waals surface area (Å²) in [7, 11) is 0. The fourth-order valence-corrected chi connectivity index (χ4v) is 6.83. The van der Waals surface area contributed by atoms with E-state index in [4.69, 9.17) is 14.2 Å². The summed E-state index contributed by atoms with van der Waals surface area (Å²) in [5.74, 6) is -1.01. The van der Waals surface area contributed by atoms with Crippen molar-refractivity contribution in [2.75, 3.05) is 13.2 Å². The molecular weight excluding hydrogens is 805 g/mol. The van der Waals surface area contributed by atoms with Gasteiger partial charge >= 0.3 is 17.9 Å². The van der Waals surface area contributed by atoms with E-state index in [1.54, 1.807) is 0 Å². The fraction of sp³-hybridized carbons (Fsp3) is 0.644. The Labute approximate surface area is 400 Å². The van der Waals surface area contributed by atoms with E-state index in [1.807, 2.05) is 0 Å². The summed E-state index contributed by atoms with van der Waals surface area (Å²) in [6, 6.07) is 0. The van der Waals surface area contributed by atoms with Gasteiger partial charge in [0.15, 0.2) is 6.10 Å². The summed E-state index contributed by atoms with van der Waals surface area (Å²) < 4.78 is 16.7. The number of esters is 3. The van der Waals surface area contributed by atoms with Gasteiger partial charge in [0, 0.05) is 19.3 Å². The van der Waals surface area contributed by atoms with Crippen LogP contribution in [0.5, 0.6) is 0 Å². The Kier molecular flexibility index (Phi) is 49.5. The van der Waals surface area contributed by atoms with Gasteiger partial charge in [0.05, 0.1) is 0 Å². The highest BCUT2D eigenvalue weighted by Gasteiger charge is 2.19. The minimum Gasteiger partial charge on any atom is -0.462 e. The first-order chi connectivity index (χ1) is 32.0. The maximum atomic E-state index is 12.8. The molecule has 6 nitrogen and oxygen atoms in total. The second-order valence-electron chi connectivity index (χ2n) is 17.0. The van der Waals surface area contributed by atoms with Crippen LogP contribution in [0.25, 0.3) is 0 Å². The first kappa shape index (κ1) is 61.1. The lowest BCUT2D eigenvalue weighted by Gasteiger charge is -2.18. The molecule has 0 rings (SSSR count). The topological polar surface area (TPSA) is 78.9 Å². The molecule has 0 fully saturated rings. The molecule has 0 amide bonds. The smallest absolute Gasteiger partial charge is 0.306 e. The molecule has 0 spiro atoms. The van der Waals surface area contributed by atoms with Crippen LogP contribution >= 0.6 is 0 Å². The van der Waals surface area contributed by atoms with Crippen LogP contribution in [0.15, 0.2) is 109 Å². The third-order valence-electron chi connectivity index (χ3n) is 10.7. The molecule has 0 aliphatic carbocycles. The number of hydrogen-bond donors (Lipinski definition) is 0. The van der Waals surface area contributed by atoms with Crippen molar-refractivity contribution in [3.8, 4) is 0 Å². The molecule has 0 bridgehead atoms. The maximum Gasteiger partial charge on any atom is 0.306 e. The zero-order valence-corrected chi connectivity index (χ0v) is 42.0. The second kappa shape index (κ2) is 52.7. The third kappa shape index (κ3) is 50.9. The minimum absolute atomic E-state index is 0.112. The lowest BCUT2D eigenvalue weighted by atomic mass is 10.1. The highest BCUT2D eigenvalue weighted by Crippen LogP contribution is 2.13. The van der Waals surface area contributed by atoms with Crippen molar-refractivity contribution >= 4 is 17.9 Å². The average Bonchev–Trinajstić information content (AvgIpc) is 3.30. The van der Waals surface area contributed by atoms with E-state index < -0.39 is 6.10 Å². The van der Waals surface area contributed by atoms with Gasteiger partial charge in [-0.1, -0.05) is 194 Å². The lowest BCUT2D eigenvalue weighted by Crippen LogP contribution is -2.30. The second-order valence-corrected chi connectivity index (χ2v) is 17.0. The van der Waals surface area contributed by atoms with E-state index in [0.717, 1.165) is 96.3 Å². The van der Waals surface area contributed by atoms with Gasteiger partial charge in [-0.2, -0.15) is 0 Å². The Hall–Kier alpha value is -3.93. The molecule has 0 aromatic carbocycles. The van der Waals surface area contributed by atoms with E-state index in [9.17, 15) is 14.4 Å². The maximum absolute atomic E-state index is 12.8. The van der Waals surface area contributed by atoms with E-state index in [0.29, 0.717) is 25.7 Å². The van der Waals surface area contributed by atoms with Gasteiger partial charge in [-0.05, 0) is 122 Å². The van der Waals surface area contributed by atoms with Gasteiger partial charge in [-0.15, -0.1) is 0 Å². The van der Waals surface area contributed by atoms with Crippen molar-refractivity contribution in [3.63, 3.8) is 0 Å². The standard InChI is InChI=1S/C59H96O6/c1-4-7-10-13-16-19-22-25-28-29-32-34-37-40-43-46-49-52-58(61)64-55-56(65-59(62)53-50-47-44-41-38-35-31-27-24-21-18-15-12-9-6-3)54-63-57(60)51-48-45-42-39-36-33-30-26-23-20-17-14-11-8-5-2/h8-9,11-12,17-18,20-21,25-28,30-31,36,38-39,41,56H,4-7,10,13-16,19,22-24,29,32-35,37,40,42-55H2,1-3H3/b11-8-,12-9-,20-17-,21-18-,28-25-,30-26-,31-27-,39-36-,41-38-. The molecule has 0 aromatic heterocycles. The lowest BCUT2D eigenvalue weighted by molar-refractivity contribution is -0.167. The molecule has 1 atom stereocenters. The molecule has 0 aliphatic rings. The predicted molar refractivity (Wildman–Crippen MR) is 279 cm³/mol. The molecule has 0 heterocycles. The van der Waals surface area contributed by atoms with Crippen molar-refractivity contribution in [1.29, 1.82) is 0 Å². The van der Waals surface area contributed by atoms with Crippen molar-refractivity contribution in [2.45, 2.75) is 232 Å². The number of carbonyl (C=O) groups is 3. The van der Waals surface area contributed by atoms with Gasteiger partial charge in [0.2, 0.25) is 0 Å². The van der Waals surface area contributed by atoms with Crippen LogP contribution in [0.4, 0.5) is 0 Å². The number of carbonyl (C=O) groups excluding carboxylic acids is 3. The molecule has 0 saturated carbocycles. The quantitative estimate of drug-likeness (QED) is 0.0262. The number of hydrogen-bond acceptors (Lipinski definition) is 6. The summed E-state index contributed by atoms with van der Waals surface area (Å²) in [6.45, 7) is 6.32. The SMILES string of the molecule is CC/C=C\C/C=C\C/C=C\C/C=C\CCCCC(=O)OCC(COC(=O)CCCCCCCCC/C=C\CCCCCCCC)OC(=O)CCCC/C=C\C/C=C\C/C=C\C/C=C\CC. The van der Waals surface area contributed by atoms with Crippen LogP contribution in [0.2, 0.25) is 0 Å². The summed E-state index contributed by atoms with van der Waals surface area (Å²) in [4.78, 5) is 38.0. The number of allylic oxidation sites excluding steroid dienone is 18. The minimum atomic E-state index is -0.820. The van der Waals surface area contributed by atoms with Crippen molar-refractivity contribution < 1.29 is 28.6 Å². The molecule has 6 heteroatoms.